The van der Waals surface area contributed by atoms with Gasteiger partial charge in [-0.15, -0.1) is 11.8 Å². The SMILES string of the molecule is O=C(O)CCN1C(=O)CSC=C1c1ccncc1. The summed E-state index contributed by atoms with van der Waals surface area (Å²) in [4.78, 5) is 27.9. The summed E-state index contributed by atoms with van der Waals surface area (Å²) in [5.74, 6) is -0.612. The van der Waals surface area contributed by atoms with E-state index in [0.29, 0.717) is 5.75 Å². The molecule has 1 aromatic heterocycles. The third-order valence-electron chi connectivity index (χ3n) is 2.52. The van der Waals surface area contributed by atoms with Gasteiger partial charge in [-0.3, -0.25) is 14.6 Å². The van der Waals surface area contributed by atoms with Crippen molar-refractivity contribution in [1.29, 1.82) is 0 Å². The first-order chi connectivity index (χ1) is 8.68. The number of aromatic nitrogens is 1. The van der Waals surface area contributed by atoms with Crippen LogP contribution in [0.5, 0.6) is 0 Å². The molecule has 0 atom stereocenters. The van der Waals surface area contributed by atoms with Crippen LogP contribution in [0.25, 0.3) is 5.70 Å². The van der Waals surface area contributed by atoms with Crippen molar-refractivity contribution >= 4 is 29.3 Å². The largest absolute Gasteiger partial charge is 0.481 e. The van der Waals surface area contributed by atoms with Gasteiger partial charge in [0.05, 0.1) is 17.9 Å². The minimum atomic E-state index is -0.907. The van der Waals surface area contributed by atoms with Crippen molar-refractivity contribution in [3.8, 4) is 0 Å². The number of thioether (sulfide) groups is 1. The molecule has 0 fully saturated rings. The van der Waals surface area contributed by atoms with Gasteiger partial charge in [0.1, 0.15) is 0 Å². The second-order valence-electron chi connectivity index (χ2n) is 3.74. The smallest absolute Gasteiger partial charge is 0.305 e. The number of carboxylic acids is 1. The number of hydrogen-bond donors (Lipinski definition) is 1. The Bertz CT molecular complexity index is 487. The van der Waals surface area contributed by atoms with E-state index in [1.54, 1.807) is 24.5 Å². The molecule has 0 bridgehead atoms. The van der Waals surface area contributed by atoms with E-state index < -0.39 is 5.97 Å². The van der Waals surface area contributed by atoms with Crippen LogP contribution in [0.15, 0.2) is 29.9 Å². The highest BCUT2D eigenvalue weighted by Gasteiger charge is 2.23. The molecule has 0 saturated carbocycles. The standard InChI is InChI=1S/C12H12N2O3S/c15-11-8-18-7-10(9-1-4-13-5-2-9)14(11)6-3-12(16)17/h1-2,4-5,7H,3,6,8H2,(H,16,17). The third-order valence-corrected chi connectivity index (χ3v) is 3.32. The van der Waals surface area contributed by atoms with Crippen LogP contribution in [0.4, 0.5) is 0 Å². The van der Waals surface area contributed by atoms with Gasteiger partial charge in [-0.2, -0.15) is 0 Å². The minimum absolute atomic E-state index is 0.0567. The monoisotopic (exact) mass is 264 g/mol. The van der Waals surface area contributed by atoms with Crippen molar-refractivity contribution in [2.45, 2.75) is 6.42 Å². The molecule has 2 rings (SSSR count). The first kappa shape index (κ1) is 12.6. The molecule has 1 aliphatic heterocycles. The summed E-state index contributed by atoms with van der Waals surface area (Å²) in [5.41, 5.74) is 1.62. The maximum Gasteiger partial charge on any atom is 0.305 e. The fraction of sp³-hybridized carbons (Fsp3) is 0.250. The Kier molecular flexibility index (Phi) is 3.99. The highest BCUT2D eigenvalue weighted by atomic mass is 32.2. The van der Waals surface area contributed by atoms with Gasteiger partial charge in [0.2, 0.25) is 5.91 Å². The minimum Gasteiger partial charge on any atom is -0.481 e. The first-order valence-electron chi connectivity index (χ1n) is 5.43. The molecule has 0 aromatic carbocycles. The van der Waals surface area contributed by atoms with Crippen molar-refractivity contribution in [2.24, 2.45) is 0 Å². The van der Waals surface area contributed by atoms with Gasteiger partial charge in [0.15, 0.2) is 0 Å². The first-order valence-corrected chi connectivity index (χ1v) is 6.47. The van der Waals surface area contributed by atoms with Crippen LogP contribution >= 0.6 is 11.8 Å². The van der Waals surface area contributed by atoms with Gasteiger partial charge in [0.25, 0.3) is 0 Å². The van der Waals surface area contributed by atoms with E-state index in [4.69, 9.17) is 5.11 Å². The van der Waals surface area contributed by atoms with Crippen LogP contribution in [0.1, 0.15) is 12.0 Å². The van der Waals surface area contributed by atoms with Gasteiger partial charge in [-0.05, 0) is 17.5 Å². The summed E-state index contributed by atoms with van der Waals surface area (Å²) in [6.07, 6.45) is 3.24. The molecule has 1 N–H and O–H groups in total. The lowest BCUT2D eigenvalue weighted by Gasteiger charge is -2.28. The maximum atomic E-state index is 11.8. The number of aliphatic carboxylic acids is 1. The van der Waals surface area contributed by atoms with E-state index in [-0.39, 0.29) is 18.9 Å². The number of nitrogens with zero attached hydrogens (tertiary/aromatic N) is 2. The van der Waals surface area contributed by atoms with E-state index in [1.165, 1.54) is 16.7 Å². The summed E-state index contributed by atoms with van der Waals surface area (Å²) in [7, 11) is 0. The van der Waals surface area contributed by atoms with Gasteiger partial charge in [0, 0.05) is 24.5 Å². The molecule has 5 nitrogen and oxygen atoms in total. The normalized spacial score (nSPS) is 15.4. The van der Waals surface area contributed by atoms with Gasteiger partial charge in [-0.25, -0.2) is 0 Å². The molecular formula is C12H12N2O3S. The predicted octanol–water partition coefficient (Wildman–Crippen LogP) is 1.43. The highest BCUT2D eigenvalue weighted by Crippen LogP contribution is 2.27. The fourth-order valence-electron chi connectivity index (χ4n) is 1.67. The quantitative estimate of drug-likeness (QED) is 0.890. The number of hydrogen-bond acceptors (Lipinski definition) is 4. The molecule has 0 aliphatic carbocycles. The van der Waals surface area contributed by atoms with E-state index in [0.717, 1.165) is 11.3 Å². The van der Waals surface area contributed by atoms with Gasteiger partial charge < -0.3 is 10.0 Å². The molecule has 94 valence electrons. The molecule has 0 unspecified atom stereocenters. The second-order valence-corrected chi connectivity index (χ2v) is 4.60. The van der Waals surface area contributed by atoms with E-state index in [9.17, 15) is 9.59 Å². The topological polar surface area (TPSA) is 70.5 Å². The van der Waals surface area contributed by atoms with Gasteiger partial charge in [-0.1, -0.05) is 0 Å². The second kappa shape index (κ2) is 5.68. The molecule has 6 heteroatoms. The van der Waals surface area contributed by atoms with Crippen LogP contribution in [0, 0.1) is 0 Å². The Balaban J connectivity index is 2.22. The lowest BCUT2D eigenvalue weighted by molar-refractivity contribution is -0.137. The van der Waals surface area contributed by atoms with Crippen molar-refractivity contribution < 1.29 is 14.7 Å². The Morgan fingerprint density at radius 1 is 1.44 bits per heavy atom. The summed E-state index contributed by atoms with van der Waals surface area (Å²) in [6, 6.07) is 3.61. The lowest BCUT2D eigenvalue weighted by atomic mass is 10.2. The molecule has 1 aliphatic rings. The van der Waals surface area contributed by atoms with E-state index >= 15 is 0 Å². The molecule has 0 radical (unpaired) electrons. The highest BCUT2D eigenvalue weighted by molar-refractivity contribution is 8.03. The van der Waals surface area contributed by atoms with Crippen LogP contribution in [-0.2, 0) is 9.59 Å². The summed E-state index contributed by atoms with van der Waals surface area (Å²) in [5, 5.41) is 10.6. The van der Waals surface area contributed by atoms with Crippen molar-refractivity contribution in [3.63, 3.8) is 0 Å². The van der Waals surface area contributed by atoms with Gasteiger partial charge >= 0.3 is 5.97 Å². The Hall–Kier alpha value is -1.82. The van der Waals surface area contributed by atoms with Crippen molar-refractivity contribution in [3.05, 3.63) is 35.5 Å². The average molecular weight is 264 g/mol. The van der Waals surface area contributed by atoms with Crippen LogP contribution in [0.2, 0.25) is 0 Å². The number of pyridine rings is 1. The third kappa shape index (κ3) is 2.89. The number of carbonyl (C=O) groups excluding carboxylic acids is 1. The van der Waals surface area contributed by atoms with Crippen molar-refractivity contribution in [1.82, 2.24) is 9.88 Å². The van der Waals surface area contributed by atoms with Crippen molar-refractivity contribution in [2.75, 3.05) is 12.3 Å². The summed E-state index contributed by atoms with van der Waals surface area (Å²) in [6.45, 7) is 0.197. The fourth-order valence-corrected chi connectivity index (χ4v) is 2.47. The number of carboxylic acid groups (broad SMARTS) is 1. The molecule has 1 aromatic rings. The molecule has 1 amide bonds. The number of rotatable bonds is 4. The zero-order valence-electron chi connectivity index (χ0n) is 9.57. The molecule has 2 heterocycles. The van der Waals surface area contributed by atoms with Crippen LogP contribution in [0.3, 0.4) is 0 Å². The van der Waals surface area contributed by atoms with E-state index in [1.807, 2.05) is 5.41 Å². The predicted molar refractivity (Wildman–Crippen MR) is 68.6 cm³/mol. The number of carbonyl (C=O) groups is 2. The molecule has 0 spiro atoms. The Morgan fingerprint density at radius 2 is 2.17 bits per heavy atom. The average Bonchev–Trinajstić information content (AvgIpc) is 2.38. The molecule has 18 heavy (non-hydrogen) atoms. The summed E-state index contributed by atoms with van der Waals surface area (Å²) >= 11 is 1.42. The summed E-state index contributed by atoms with van der Waals surface area (Å²) < 4.78 is 0. The number of amides is 1. The maximum absolute atomic E-state index is 11.8. The zero-order valence-corrected chi connectivity index (χ0v) is 10.4. The Labute approximate surface area is 109 Å². The Morgan fingerprint density at radius 3 is 2.83 bits per heavy atom. The molecule has 0 saturated heterocycles. The van der Waals surface area contributed by atoms with Crippen LogP contribution < -0.4 is 0 Å². The molecular weight excluding hydrogens is 252 g/mol. The van der Waals surface area contributed by atoms with Crippen LogP contribution in [-0.4, -0.2) is 39.2 Å². The van der Waals surface area contributed by atoms with E-state index in [2.05, 4.69) is 4.98 Å². The lowest BCUT2D eigenvalue weighted by Crippen LogP contribution is -2.34. The zero-order chi connectivity index (χ0) is 13.0.